The zero-order chi connectivity index (χ0) is 17.3. The fourth-order valence-electron chi connectivity index (χ4n) is 2.53. The fraction of sp³-hybridized carbons (Fsp3) is 0.895. The predicted octanol–water partition coefficient (Wildman–Crippen LogP) is 5.18. The van der Waals surface area contributed by atoms with Crippen molar-refractivity contribution in [1.29, 1.82) is 0 Å². The summed E-state index contributed by atoms with van der Waals surface area (Å²) in [4.78, 5) is 22.2. The van der Waals surface area contributed by atoms with Gasteiger partial charge in [-0.3, -0.25) is 4.79 Å². The van der Waals surface area contributed by atoms with Gasteiger partial charge >= 0.3 is 11.9 Å². The average Bonchev–Trinajstić information content (AvgIpc) is 2.51. The van der Waals surface area contributed by atoms with Crippen LogP contribution >= 0.6 is 0 Å². The minimum Gasteiger partial charge on any atom is -0.463 e. The highest BCUT2D eigenvalue weighted by Crippen LogP contribution is 2.12. The van der Waals surface area contributed by atoms with Gasteiger partial charge in [-0.1, -0.05) is 77.6 Å². The van der Waals surface area contributed by atoms with E-state index in [1.807, 2.05) is 0 Å². The van der Waals surface area contributed by atoms with Crippen molar-refractivity contribution in [3.05, 3.63) is 0 Å². The molecule has 0 aliphatic carbocycles. The van der Waals surface area contributed by atoms with Crippen LogP contribution in [0.2, 0.25) is 0 Å². The molecule has 0 N–H and O–H groups in total. The standard InChI is InChI=1S/C19H36O4/c1-4-5-6-7-8-9-10-11-12-13-14-15-16-22-19(21)17(2)23-18(3)20/h17H,4-16H2,1-3H3/t17-/m0/s1. The highest BCUT2D eigenvalue weighted by Gasteiger charge is 2.16. The molecule has 0 aromatic heterocycles. The molecule has 0 radical (unpaired) electrons. The lowest BCUT2D eigenvalue weighted by molar-refractivity contribution is -0.165. The molecule has 4 heteroatoms. The molecule has 0 aliphatic rings. The van der Waals surface area contributed by atoms with Gasteiger partial charge in [0.25, 0.3) is 0 Å². The van der Waals surface area contributed by atoms with E-state index in [0.29, 0.717) is 6.61 Å². The lowest BCUT2D eigenvalue weighted by Crippen LogP contribution is -2.25. The largest absolute Gasteiger partial charge is 0.463 e. The summed E-state index contributed by atoms with van der Waals surface area (Å²) in [5.74, 6) is -0.914. The van der Waals surface area contributed by atoms with Gasteiger partial charge in [0.15, 0.2) is 6.10 Å². The number of carbonyl (C=O) groups excluding carboxylic acids is 2. The van der Waals surface area contributed by atoms with Gasteiger partial charge in [-0.05, 0) is 13.3 Å². The molecular weight excluding hydrogens is 292 g/mol. The first-order valence-corrected chi connectivity index (χ1v) is 9.41. The highest BCUT2D eigenvalue weighted by atomic mass is 16.6. The van der Waals surface area contributed by atoms with E-state index in [-0.39, 0.29) is 0 Å². The quantitative estimate of drug-likeness (QED) is 0.307. The van der Waals surface area contributed by atoms with E-state index in [1.54, 1.807) is 0 Å². The van der Waals surface area contributed by atoms with Crippen LogP contribution in [0.4, 0.5) is 0 Å². The van der Waals surface area contributed by atoms with Gasteiger partial charge in [-0.25, -0.2) is 4.79 Å². The Hall–Kier alpha value is -1.06. The van der Waals surface area contributed by atoms with Crippen molar-refractivity contribution in [2.75, 3.05) is 6.61 Å². The Morgan fingerprint density at radius 3 is 1.65 bits per heavy atom. The molecule has 0 unspecified atom stereocenters. The van der Waals surface area contributed by atoms with Crippen molar-refractivity contribution in [2.24, 2.45) is 0 Å². The number of rotatable bonds is 15. The number of hydrogen-bond donors (Lipinski definition) is 0. The first-order valence-electron chi connectivity index (χ1n) is 9.41. The maximum atomic E-state index is 11.5. The van der Waals surface area contributed by atoms with Gasteiger partial charge in [-0.2, -0.15) is 0 Å². The van der Waals surface area contributed by atoms with Gasteiger partial charge in [0.05, 0.1) is 6.61 Å². The second kappa shape index (κ2) is 15.8. The van der Waals surface area contributed by atoms with E-state index in [4.69, 9.17) is 9.47 Å². The van der Waals surface area contributed by atoms with Gasteiger partial charge in [0, 0.05) is 6.92 Å². The molecule has 136 valence electrons. The van der Waals surface area contributed by atoms with Crippen molar-refractivity contribution in [2.45, 2.75) is 104 Å². The smallest absolute Gasteiger partial charge is 0.347 e. The summed E-state index contributed by atoms with van der Waals surface area (Å²) in [5.41, 5.74) is 0. The molecule has 0 aliphatic heterocycles. The van der Waals surface area contributed by atoms with Gasteiger partial charge in [0.2, 0.25) is 0 Å². The molecule has 0 bridgehead atoms. The van der Waals surface area contributed by atoms with Crippen LogP contribution in [0.15, 0.2) is 0 Å². The minimum absolute atomic E-state index is 0.419. The number of carbonyl (C=O) groups is 2. The lowest BCUT2D eigenvalue weighted by Gasteiger charge is -2.11. The van der Waals surface area contributed by atoms with Gasteiger partial charge in [-0.15, -0.1) is 0 Å². The summed E-state index contributed by atoms with van der Waals surface area (Å²) >= 11 is 0. The van der Waals surface area contributed by atoms with Crippen LogP contribution < -0.4 is 0 Å². The maximum absolute atomic E-state index is 11.5. The number of hydrogen-bond acceptors (Lipinski definition) is 4. The van der Waals surface area contributed by atoms with Crippen LogP contribution in [0, 0.1) is 0 Å². The molecule has 0 amide bonds. The molecule has 0 aromatic rings. The van der Waals surface area contributed by atoms with Gasteiger partial charge < -0.3 is 9.47 Å². The van der Waals surface area contributed by atoms with Crippen LogP contribution in [0.1, 0.15) is 97.8 Å². The molecule has 1 atom stereocenters. The number of esters is 2. The molecule has 0 aromatic carbocycles. The Morgan fingerprint density at radius 1 is 0.783 bits per heavy atom. The molecule has 23 heavy (non-hydrogen) atoms. The summed E-state index contributed by atoms with van der Waals surface area (Å²) in [5, 5.41) is 0. The molecule has 0 spiro atoms. The second-order valence-electron chi connectivity index (χ2n) is 6.31. The summed E-state index contributed by atoms with van der Waals surface area (Å²) < 4.78 is 9.84. The molecule has 0 saturated carbocycles. The van der Waals surface area contributed by atoms with E-state index in [1.165, 1.54) is 78.1 Å². The average molecular weight is 328 g/mol. The summed E-state index contributed by atoms with van der Waals surface area (Å²) in [6, 6.07) is 0. The fourth-order valence-corrected chi connectivity index (χ4v) is 2.53. The van der Waals surface area contributed by atoms with E-state index < -0.39 is 18.0 Å². The van der Waals surface area contributed by atoms with Crippen LogP contribution in [-0.2, 0) is 19.1 Å². The molecule has 0 saturated heterocycles. The Morgan fingerprint density at radius 2 is 1.22 bits per heavy atom. The van der Waals surface area contributed by atoms with Crippen molar-refractivity contribution in [3.8, 4) is 0 Å². The Balaban J connectivity index is 3.24. The van der Waals surface area contributed by atoms with Gasteiger partial charge in [0.1, 0.15) is 0 Å². The van der Waals surface area contributed by atoms with E-state index >= 15 is 0 Å². The molecule has 4 nitrogen and oxygen atoms in total. The monoisotopic (exact) mass is 328 g/mol. The molecule has 0 fully saturated rings. The molecule has 0 rings (SSSR count). The highest BCUT2D eigenvalue weighted by molar-refractivity contribution is 5.78. The second-order valence-corrected chi connectivity index (χ2v) is 6.31. The summed E-state index contributed by atoms with van der Waals surface area (Å²) in [6.45, 7) is 5.49. The summed E-state index contributed by atoms with van der Waals surface area (Å²) in [6.07, 6.45) is 14.5. The van der Waals surface area contributed by atoms with Crippen molar-refractivity contribution < 1.29 is 19.1 Å². The normalized spacial score (nSPS) is 12.0. The third kappa shape index (κ3) is 15.6. The van der Waals surface area contributed by atoms with Crippen LogP contribution in [0.3, 0.4) is 0 Å². The number of ether oxygens (including phenoxy) is 2. The van der Waals surface area contributed by atoms with Crippen molar-refractivity contribution in [3.63, 3.8) is 0 Å². The zero-order valence-electron chi connectivity index (χ0n) is 15.4. The van der Waals surface area contributed by atoms with E-state index in [9.17, 15) is 9.59 Å². The molecular formula is C19H36O4. The van der Waals surface area contributed by atoms with E-state index in [0.717, 1.165) is 12.8 Å². The lowest BCUT2D eigenvalue weighted by atomic mass is 10.1. The van der Waals surface area contributed by atoms with E-state index in [2.05, 4.69) is 6.92 Å². The maximum Gasteiger partial charge on any atom is 0.347 e. The molecule has 0 heterocycles. The zero-order valence-corrected chi connectivity index (χ0v) is 15.4. The predicted molar refractivity (Wildman–Crippen MR) is 93.3 cm³/mol. The first kappa shape index (κ1) is 21.9. The topological polar surface area (TPSA) is 52.6 Å². The van der Waals surface area contributed by atoms with Crippen LogP contribution in [0.5, 0.6) is 0 Å². The van der Waals surface area contributed by atoms with Crippen molar-refractivity contribution >= 4 is 11.9 Å². The minimum atomic E-state index is -0.801. The van der Waals surface area contributed by atoms with Crippen LogP contribution in [0.25, 0.3) is 0 Å². The Labute approximate surface area is 142 Å². The Kier molecular flexibility index (Phi) is 15.1. The van der Waals surface area contributed by atoms with Crippen molar-refractivity contribution in [1.82, 2.24) is 0 Å². The first-order chi connectivity index (χ1) is 11.1. The summed E-state index contributed by atoms with van der Waals surface area (Å²) in [7, 11) is 0. The van der Waals surface area contributed by atoms with Crippen LogP contribution in [-0.4, -0.2) is 24.6 Å². The number of unbranched alkanes of at least 4 members (excludes halogenated alkanes) is 11. The third-order valence-electron chi connectivity index (χ3n) is 3.92. The Bertz CT molecular complexity index is 302. The third-order valence-corrected chi connectivity index (χ3v) is 3.92. The SMILES string of the molecule is CCCCCCCCCCCCCCOC(=O)[C@H](C)OC(C)=O.